The standard InChI is InChI=1S/C13H17ClN2O4S/c1-7-5-9(21(15,18)19)6-10(14)12(7)16-13(17)11-4-3-8(2)20-11/h5-6,8,11H,3-4H2,1-2H3,(H,16,17)(H2,15,18,19). The van der Waals surface area contributed by atoms with Gasteiger partial charge in [-0.1, -0.05) is 11.6 Å². The molecule has 3 N–H and O–H groups in total. The molecule has 0 aromatic heterocycles. The van der Waals surface area contributed by atoms with Crippen LogP contribution in [0, 0.1) is 6.92 Å². The molecule has 0 radical (unpaired) electrons. The highest BCUT2D eigenvalue weighted by molar-refractivity contribution is 7.89. The first-order valence-corrected chi connectivity index (χ1v) is 8.40. The molecule has 2 atom stereocenters. The van der Waals surface area contributed by atoms with Crippen LogP contribution >= 0.6 is 11.6 Å². The lowest BCUT2D eigenvalue weighted by molar-refractivity contribution is -0.126. The van der Waals surface area contributed by atoms with E-state index in [4.69, 9.17) is 21.5 Å². The Labute approximate surface area is 128 Å². The van der Waals surface area contributed by atoms with Gasteiger partial charge in [-0.2, -0.15) is 0 Å². The number of aryl methyl sites for hydroxylation is 1. The third kappa shape index (κ3) is 3.74. The van der Waals surface area contributed by atoms with Crippen LogP contribution in [0.5, 0.6) is 0 Å². The van der Waals surface area contributed by atoms with Crippen LogP contribution in [0.2, 0.25) is 5.02 Å². The van der Waals surface area contributed by atoms with E-state index in [1.165, 1.54) is 12.1 Å². The first-order chi connectivity index (χ1) is 9.68. The van der Waals surface area contributed by atoms with Crippen LogP contribution in [0.3, 0.4) is 0 Å². The summed E-state index contributed by atoms with van der Waals surface area (Å²) in [7, 11) is -3.84. The van der Waals surface area contributed by atoms with E-state index in [9.17, 15) is 13.2 Å². The van der Waals surface area contributed by atoms with Gasteiger partial charge in [0.1, 0.15) is 6.10 Å². The van der Waals surface area contributed by atoms with E-state index in [2.05, 4.69) is 5.32 Å². The van der Waals surface area contributed by atoms with Gasteiger partial charge in [0.05, 0.1) is 21.7 Å². The summed E-state index contributed by atoms with van der Waals surface area (Å²) >= 11 is 6.04. The quantitative estimate of drug-likeness (QED) is 0.881. The zero-order chi connectivity index (χ0) is 15.8. The minimum Gasteiger partial charge on any atom is -0.365 e. The van der Waals surface area contributed by atoms with E-state index in [1.54, 1.807) is 6.92 Å². The van der Waals surface area contributed by atoms with Crippen molar-refractivity contribution in [2.75, 3.05) is 5.32 Å². The van der Waals surface area contributed by atoms with Gasteiger partial charge >= 0.3 is 0 Å². The summed E-state index contributed by atoms with van der Waals surface area (Å²) in [6.07, 6.45) is 1.03. The molecule has 6 nitrogen and oxygen atoms in total. The monoisotopic (exact) mass is 332 g/mol. The summed E-state index contributed by atoms with van der Waals surface area (Å²) in [5.41, 5.74) is 0.892. The van der Waals surface area contributed by atoms with Crippen molar-refractivity contribution >= 4 is 33.2 Å². The molecule has 21 heavy (non-hydrogen) atoms. The van der Waals surface area contributed by atoms with Gasteiger partial charge < -0.3 is 10.1 Å². The Hall–Kier alpha value is -1.15. The van der Waals surface area contributed by atoms with Gasteiger partial charge in [-0.25, -0.2) is 13.6 Å². The molecule has 1 aliphatic heterocycles. The predicted octanol–water partition coefficient (Wildman–Crippen LogP) is 1.80. The average Bonchev–Trinajstić information content (AvgIpc) is 2.79. The van der Waals surface area contributed by atoms with E-state index in [1.807, 2.05) is 6.92 Å². The molecular weight excluding hydrogens is 316 g/mol. The Morgan fingerprint density at radius 3 is 2.57 bits per heavy atom. The first-order valence-electron chi connectivity index (χ1n) is 6.47. The van der Waals surface area contributed by atoms with Crippen molar-refractivity contribution in [3.63, 3.8) is 0 Å². The number of hydrogen-bond acceptors (Lipinski definition) is 4. The van der Waals surface area contributed by atoms with E-state index in [0.717, 1.165) is 6.42 Å². The normalized spacial score (nSPS) is 22.3. The molecule has 1 amide bonds. The summed E-state index contributed by atoms with van der Waals surface area (Å²) in [6, 6.07) is 2.59. The van der Waals surface area contributed by atoms with Crippen molar-refractivity contribution in [2.24, 2.45) is 5.14 Å². The second-order valence-corrected chi connectivity index (χ2v) is 7.11. The number of ether oxygens (including phenoxy) is 1. The molecule has 0 aliphatic carbocycles. The number of anilines is 1. The van der Waals surface area contributed by atoms with Crippen molar-refractivity contribution in [3.8, 4) is 0 Å². The second-order valence-electron chi connectivity index (χ2n) is 5.14. The molecule has 1 aliphatic rings. The maximum Gasteiger partial charge on any atom is 0.253 e. The molecule has 2 unspecified atom stereocenters. The largest absolute Gasteiger partial charge is 0.365 e. The van der Waals surface area contributed by atoms with Crippen molar-refractivity contribution in [3.05, 3.63) is 22.7 Å². The van der Waals surface area contributed by atoms with E-state index >= 15 is 0 Å². The molecule has 1 heterocycles. The molecule has 8 heteroatoms. The summed E-state index contributed by atoms with van der Waals surface area (Å²) < 4.78 is 28.1. The highest BCUT2D eigenvalue weighted by Gasteiger charge is 2.29. The summed E-state index contributed by atoms with van der Waals surface area (Å²) in [4.78, 5) is 12.0. The zero-order valence-electron chi connectivity index (χ0n) is 11.7. The molecular formula is C13H17ClN2O4S. The fourth-order valence-electron chi connectivity index (χ4n) is 2.23. The van der Waals surface area contributed by atoms with Crippen molar-refractivity contribution in [1.29, 1.82) is 0 Å². The lowest BCUT2D eigenvalue weighted by Crippen LogP contribution is -2.28. The van der Waals surface area contributed by atoms with Gasteiger partial charge in [0.2, 0.25) is 10.0 Å². The van der Waals surface area contributed by atoms with E-state index < -0.39 is 16.1 Å². The van der Waals surface area contributed by atoms with E-state index in [-0.39, 0.29) is 21.9 Å². The maximum atomic E-state index is 12.1. The number of amides is 1. The first kappa shape index (κ1) is 16.2. The van der Waals surface area contributed by atoms with Crippen LogP contribution in [0.4, 0.5) is 5.69 Å². The molecule has 1 aromatic rings. The van der Waals surface area contributed by atoms with Crippen LogP contribution in [-0.2, 0) is 19.6 Å². The van der Waals surface area contributed by atoms with Gasteiger partial charge in [-0.15, -0.1) is 0 Å². The Bertz CT molecular complexity index is 652. The number of nitrogens with one attached hydrogen (secondary N) is 1. The third-order valence-electron chi connectivity index (χ3n) is 3.36. The van der Waals surface area contributed by atoms with Crippen molar-refractivity contribution in [1.82, 2.24) is 0 Å². The maximum absolute atomic E-state index is 12.1. The fraction of sp³-hybridized carbons (Fsp3) is 0.462. The van der Waals surface area contributed by atoms with E-state index in [0.29, 0.717) is 17.7 Å². The Kier molecular flexibility index (Phi) is 4.57. The number of rotatable bonds is 3. The number of nitrogens with two attached hydrogens (primary N) is 1. The highest BCUT2D eigenvalue weighted by Crippen LogP contribution is 2.30. The van der Waals surface area contributed by atoms with Crippen LogP contribution in [0.25, 0.3) is 0 Å². The Morgan fingerprint density at radius 1 is 1.43 bits per heavy atom. The number of hydrogen-bond donors (Lipinski definition) is 2. The molecule has 0 saturated carbocycles. The second kappa shape index (κ2) is 5.92. The summed E-state index contributed by atoms with van der Waals surface area (Å²) in [6.45, 7) is 3.56. The lowest BCUT2D eigenvalue weighted by atomic mass is 10.1. The minimum absolute atomic E-state index is 0.0575. The van der Waals surface area contributed by atoms with Crippen LogP contribution in [0.15, 0.2) is 17.0 Å². The van der Waals surface area contributed by atoms with Gasteiger partial charge in [0, 0.05) is 0 Å². The number of carbonyl (C=O) groups is 1. The molecule has 1 saturated heterocycles. The fourth-order valence-corrected chi connectivity index (χ4v) is 3.24. The molecule has 2 rings (SSSR count). The Morgan fingerprint density at radius 2 is 2.10 bits per heavy atom. The highest BCUT2D eigenvalue weighted by atomic mass is 35.5. The van der Waals surface area contributed by atoms with Crippen molar-refractivity contribution < 1.29 is 17.9 Å². The van der Waals surface area contributed by atoms with Crippen molar-refractivity contribution in [2.45, 2.75) is 43.8 Å². The third-order valence-corrected chi connectivity index (χ3v) is 4.55. The minimum atomic E-state index is -3.84. The van der Waals surface area contributed by atoms with Gasteiger partial charge in [-0.3, -0.25) is 4.79 Å². The molecule has 1 fully saturated rings. The number of halogens is 1. The smallest absolute Gasteiger partial charge is 0.253 e. The summed E-state index contributed by atoms with van der Waals surface area (Å²) in [5, 5.41) is 7.88. The zero-order valence-corrected chi connectivity index (χ0v) is 13.3. The molecule has 1 aromatic carbocycles. The summed E-state index contributed by atoms with van der Waals surface area (Å²) in [5.74, 6) is -0.285. The number of sulfonamides is 1. The average molecular weight is 333 g/mol. The lowest BCUT2D eigenvalue weighted by Gasteiger charge is -2.15. The molecule has 116 valence electrons. The van der Waals surface area contributed by atoms with Crippen LogP contribution in [-0.4, -0.2) is 26.5 Å². The van der Waals surface area contributed by atoms with Gasteiger partial charge in [-0.05, 0) is 44.4 Å². The number of benzene rings is 1. The molecule has 0 spiro atoms. The van der Waals surface area contributed by atoms with Crippen LogP contribution in [0.1, 0.15) is 25.3 Å². The topological polar surface area (TPSA) is 98.5 Å². The van der Waals surface area contributed by atoms with Gasteiger partial charge in [0.15, 0.2) is 0 Å². The van der Waals surface area contributed by atoms with Crippen LogP contribution < -0.4 is 10.5 Å². The predicted molar refractivity (Wildman–Crippen MR) is 79.8 cm³/mol. The number of primary sulfonamides is 1. The van der Waals surface area contributed by atoms with Gasteiger partial charge in [0.25, 0.3) is 5.91 Å². The Balaban J connectivity index is 2.23. The number of carbonyl (C=O) groups excluding carboxylic acids is 1. The SMILES string of the molecule is Cc1cc(S(N)(=O)=O)cc(Cl)c1NC(=O)C1CCC(C)O1. The molecule has 0 bridgehead atoms.